The monoisotopic (exact) mass is 452 g/mol. The van der Waals surface area contributed by atoms with Gasteiger partial charge in [-0.3, -0.25) is 4.79 Å². The van der Waals surface area contributed by atoms with Crippen LogP contribution in [0, 0.1) is 0 Å². The number of carbonyl (C=O) groups excluding carboxylic acids is 1. The lowest BCUT2D eigenvalue weighted by atomic mass is 10.1. The Morgan fingerprint density at radius 3 is 2.59 bits per heavy atom. The fourth-order valence-electron chi connectivity index (χ4n) is 3.39. The lowest BCUT2D eigenvalue weighted by Crippen LogP contribution is -2.33. The number of halogens is 1. The third-order valence-electron chi connectivity index (χ3n) is 4.99. The van der Waals surface area contributed by atoms with E-state index in [0.29, 0.717) is 30.4 Å². The molecule has 0 aliphatic carbocycles. The summed E-state index contributed by atoms with van der Waals surface area (Å²) in [5, 5.41) is 0.506. The summed E-state index contributed by atoms with van der Waals surface area (Å²) in [4.78, 5) is 16.1. The Balaban J connectivity index is 2.03. The molecule has 1 aliphatic heterocycles. The number of hydrogen-bond acceptors (Lipinski definition) is 4. The standard InChI is InChI=1S/C21H25ClN2O3S2/c1-4-23(5-2)29(26,27)20-14-16(10-11-17(20)22)21(25)24-13-12-15(3)28-19-9-7-6-8-18(19)24/h6-11,14-15H,4-5,12-13H2,1-3H3/t15-/m0/s1. The lowest BCUT2D eigenvalue weighted by molar-refractivity contribution is 0.0986. The van der Waals surface area contributed by atoms with Gasteiger partial charge in [-0.2, -0.15) is 4.31 Å². The molecule has 2 aromatic carbocycles. The number of amides is 1. The van der Waals surface area contributed by atoms with E-state index in [2.05, 4.69) is 6.92 Å². The minimum atomic E-state index is -3.77. The molecular weight excluding hydrogens is 428 g/mol. The van der Waals surface area contributed by atoms with Crippen molar-refractivity contribution >= 4 is 45.0 Å². The molecule has 0 fully saturated rings. The maximum atomic E-state index is 13.4. The van der Waals surface area contributed by atoms with E-state index < -0.39 is 10.0 Å². The lowest BCUT2D eigenvalue weighted by Gasteiger charge is -2.24. The summed E-state index contributed by atoms with van der Waals surface area (Å²) < 4.78 is 27.3. The van der Waals surface area contributed by atoms with Crippen molar-refractivity contribution in [3.63, 3.8) is 0 Å². The summed E-state index contributed by atoms with van der Waals surface area (Å²) in [5.41, 5.74) is 1.17. The van der Waals surface area contributed by atoms with Gasteiger partial charge < -0.3 is 4.90 Å². The van der Waals surface area contributed by atoms with E-state index in [1.54, 1.807) is 36.6 Å². The first-order chi connectivity index (χ1) is 13.8. The summed E-state index contributed by atoms with van der Waals surface area (Å²) in [6, 6.07) is 12.3. The Kier molecular flexibility index (Phi) is 6.94. The van der Waals surface area contributed by atoms with Crippen molar-refractivity contribution in [1.29, 1.82) is 0 Å². The number of nitrogens with zero attached hydrogens (tertiary/aromatic N) is 2. The molecule has 1 atom stereocenters. The summed E-state index contributed by atoms with van der Waals surface area (Å²) >= 11 is 7.97. The molecule has 0 saturated carbocycles. The average Bonchev–Trinajstić information content (AvgIpc) is 2.86. The van der Waals surface area contributed by atoms with Gasteiger partial charge in [0.2, 0.25) is 10.0 Å². The zero-order chi connectivity index (χ0) is 21.2. The van der Waals surface area contributed by atoms with Gasteiger partial charge in [-0.25, -0.2) is 8.42 Å². The van der Waals surface area contributed by atoms with Crippen molar-refractivity contribution in [2.75, 3.05) is 24.5 Å². The van der Waals surface area contributed by atoms with Crippen LogP contribution in [0.4, 0.5) is 5.69 Å². The molecule has 0 spiro atoms. The molecule has 0 N–H and O–H groups in total. The molecule has 29 heavy (non-hydrogen) atoms. The summed E-state index contributed by atoms with van der Waals surface area (Å²) in [5.74, 6) is -0.222. The van der Waals surface area contributed by atoms with Crippen molar-refractivity contribution in [2.45, 2.75) is 42.2 Å². The molecule has 0 bridgehead atoms. The first-order valence-electron chi connectivity index (χ1n) is 9.66. The van der Waals surface area contributed by atoms with Gasteiger partial charge in [0.1, 0.15) is 4.90 Å². The molecule has 0 radical (unpaired) electrons. The normalized spacial score (nSPS) is 17.1. The zero-order valence-electron chi connectivity index (χ0n) is 16.8. The predicted octanol–water partition coefficient (Wildman–Crippen LogP) is 4.90. The molecule has 0 unspecified atom stereocenters. The summed E-state index contributed by atoms with van der Waals surface area (Å²) in [7, 11) is -3.77. The number of carbonyl (C=O) groups is 1. The topological polar surface area (TPSA) is 57.7 Å². The maximum absolute atomic E-state index is 13.4. The molecular formula is C21H25ClN2O3S2. The van der Waals surface area contributed by atoms with Crippen LogP contribution in [0.15, 0.2) is 52.3 Å². The number of fused-ring (bicyclic) bond motifs is 1. The van der Waals surface area contributed by atoms with Crippen molar-refractivity contribution < 1.29 is 13.2 Å². The number of benzene rings is 2. The predicted molar refractivity (Wildman–Crippen MR) is 120 cm³/mol. The Hall–Kier alpha value is -1.54. The molecule has 0 aromatic heterocycles. The van der Waals surface area contributed by atoms with Crippen molar-refractivity contribution in [3.8, 4) is 0 Å². The fraction of sp³-hybridized carbons (Fsp3) is 0.381. The second-order valence-corrected chi connectivity index (χ2v) is 10.7. The van der Waals surface area contributed by atoms with E-state index in [9.17, 15) is 13.2 Å². The summed E-state index contributed by atoms with van der Waals surface area (Å²) in [6.07, 6.45) is 0.850. The Morgan fingerprint density at radius 1 is 1.21 bits per heavy atom. The van der Waals surface area contributed by atoms with Gasteiger partial charge in [-0.05, 0) is 36.8 Å². The van der Waals surface area contributed by atoms with Gasteiger partial charge >= 0.3 is 0 Å². The van der Waals surface area contributed by atoms with Crippen LogP contribution in [0.5, 0.6) is 0 Å². The van der Waals surface area contributed by atoms with Crippen LogP contribution in [0.1, 0.15) is 37.6 Å². The number of para-hydroxylation sites is 1. The highest BCUT2D eigenvalue weighted by molar-refractivity contribution is 8.00. The Bertz CT molecular complexity index is 1010. The molecule has 2 aromatic rings. The first-order valence-corrected chi connectivity index (χ1v) is 12.4. The van der Waals surface area contributed by atoms with Crippen LogP contribution in [-0.4, -0.2) is 43.5 Å². The van der Waals surface area contributed by atoms with Crippen molar-refractivity contribution in [1.82, 2.24) is 4.31 Å². The highest BCUT2D eigenvalue weighted by Crippen LogP contribution is 2.38. The van der Waals surface area contributed by atoms with Gasteiger partial charge in [0.25, 0.3) is 5.91 Å². The van der Waals surface area contributed by atoms with E-state index in [4.69, 9.17) is 11.6 Å². The number of sulfonamides is 1. The van der Waals surface area contributed by atoms with Crippen LogP contribution < -0.4 is 4.90 Å². The van der Waals surface area contributed by atoms with Crippen LogP contribution >= 0.6 is 23.4 Å². The molecule has 5 nitrogen and oxygen atoms in total. The van der Waals surface area contributed by atoms with E-state index >= 15 is 0 Å². The minimum Gasteiger partial charge on any atom is -0.307 e. The van der Waals surface area contributed by atoms with E-state index in [1.807, 2.05) is 24.3 Å². The maximum Gasteiger partial charge on any atom is 0.258 e. The quantitative estimate of drug-likeness (QED) is 0.647. The molecule has 1 amide bonds. The molecule has 1 aliphatic rings. The van der Waals surface area contributed by atoms with Crippen LogP contribution in [-0.2, 0) is 10.0 Å². The van der Waals surface area contributed by atoms with Gasteiger partial charge in [0, 0.05) is 35.3 Å². The number of thioether (sulfide) groups is 1. The highest BCUT2D eigenvalue weighted by Gasteiger charge is 2.29. The largest absolute Gasteiger partial charge is 0.307 e. The van der Waals surface area contributed by atoms with E-state index in [0.717, 1.165) is 17.0 Å². The molecule has 0 saturated heterocycles. The fourth-order valence-corrected chi connectivity index (χ4v) is 6.46. The average molecular weight is 453 g/mol. The van der Waals surface area contributed by atoms with E-state index in [-0.39, 0.29) is 15.8 Å². The molecule has 8 heteroatoms. The van der Waals surface area contributed by atoms with Crippen molar-refractivity contribution in [3.05, 3.63) is 53.1 Å². The number of anilines is 1. The zero-order valence-corrected chi connectivity index (χ0v) is 19.1. The third-order valence-corrected chi connectivity index (χ3v) is 8.76. The third kappa shape index (κ3) is 4.48. The molecule has 156 valence electrons. The first kappa shape index (κ1) is 22.2. The second kappa shape index (κ2) is 9.08. The number of rotatable bonds is 5. The van der Waals surface area contributed by atoms with Crippen LogP contribution in [0.25, 0.3) is 0 Å². The van der Waals surface area contributed by atoms with Crippen LogP contribution in [0.3, 0.4) is 0 Å². The van der Waals surface area contributed by atoms with Crippen molar-refractivity contribution in [2.24, 2.45) is 0 Å². The SMILES string of the molecule is CCN(CC)S(=O)(=O)c1cc(C(=O)N2CC[C@H](C)Sc3ccccc32)ccc1Cl. The highest BCUT2D eigenvalue weighted by atomic mass is 35.5. The Labute approximate surface area is 182 Å². The van der Waals surface area contributed by atoms with Gasteiger partial charge in [0.05, 0.1) is 10.7 Å². The second-order valence-electron chi connectivity index (χ2n) is 6.88. The minimum absolute atomic E-state index is 0.0282. The van der Waals surface area contributed by atoms with Gasteiger partial charge in [0.15, 0.2) is 0 Å². The smallest absolute Gasteiger partial charge is 0.258 e. The van der Waals surface area contributed by atoms with Crippen LogP contribution in [0.2, 0.25) is 5.02 Å². The van der Waals surface area contributed by atoms with Gasteiger partial charge in [-0.1, -0.05) is 44.5 Å². The van der Waals surface area contributed by atoms with Gasteiger partial charge in [-0.15, -0.1) is 11.8 Å². The molecule has 3 rings (SSSR count). The number of hydrogen-bond donors (Lipinski definition) is 0. The Morgan fingerprint density at radius 2 is 1.90 bits per heavy atom. The van der Waals surface area contributed by atoms with E-state index in [1.165, 1.54) is 16.4 Å². The summed E-state index contributed by atoms with van der Waals surface area (Å²) in [6.45, 7) is 6.94. The molecule has 1 heterocycles.